The van der Waals surface area contributed by atoms with Crippen LogP contribution in [0.4, 0.5) is 0 Å². The Balaban J connectivity index is 0. The van der Waals surface area contributed by atoms with Crippen molar-refractivity contribution in [1.82, 2.24) is 0 Å². The average Bonchev–Trinajstić information content (AvgIpc) is 2.10. The zero-order valence-corrected chi connectivity index (χ0v) is 10.4. The van der Waals surface area contributed by atoms with Crippen LogP contribution in [-0.4, -0.2) is 43.7 Å². The summed E-state index contributed by atoms with van der Waals surface area (Å²) in [4.78, 5) is 42.6. The molecule has 1 atom stereocenters. The highest BCUT2D eigenvalue weighted by Crippen LogP contribution is 2.25. The van der Waals surface area contributed by atoms with Crippen molar-refractivity contribution in [1.29, 1.82) is 0 Å². The van der Waals surface area contributed by atoms with E-state index in [1.165, 1.54) is 6.92 Å². The number of esters is 1. The minimum Gasteiger partial charge on any atom is -0.478 e. The van der Waals surface area contributed by atoms with E-state index >= 15 is 0 Å². The zero-order chi connectivity index (χ0) is 14.2. The van der Waals surface area contributed by atoms with E-state index in [1.807, 2.05) is 0 Å². The quantitative estimate of drug-likeness (QED) is 0.243. The lowest BCUT2D eigenvalue weighted by Crippen LogP contribution is -2.28. The van der Waals surface area contributed by atoms with Gasteiger partial charge in [-0.3, -0.25) is 0 Å². The Hall–Kier alpha value is -0.920. The number of alkyl halides is 1. The van der Waals surface area contributed by atoms with Gasteiger partial charge in [0.1, 0.15) is 0 Å². The molecular weight excluding hydrogens is 278 g/mol. The first-order valence-corrected chi connectivity index (χ1v) is 6.02. The van der Waals surface area contributed by atoms with Gasteiger partial charge in [0.2, 0.25) is 6.10 Å². The highest BCUT2D eigenvalue weighted by Gasteiger charge is 2.20. The average molecular weight is 291 g/mol. The number of halogens is 1. The monoisotopic (exact) mass is 290 g/mol. The molecule has 0 aromatic rings. The Morgan fingerprint density at radius 1 is 1.41 bits per heavy atom. The molecule has 0 spiro atoms. The number of carboxylic acid groups (broad SMARTS) is 1. The van der Waals surface area contributed by atoms with Crippen molar-refractivity contribution in [2.45, 2.75) is 13.0 Å². The van der Waals surface area contributed by atoms with E-state index in [-0.39, 0.29) is 11.5 Å². The third-order valence-electron chi connectivity index (χ3n) is 1.01. The van der Waals surface area contributed by atoms with Crippen LogP contribution < -0.4 is 0 Å². The number of hydrogen-bond donors (Lipinski definition) is 4. The van der Waals surface area contributed by atoms with Gasteiger partial charge in [-0.15, -0.1) is 11.6 Å². The molecule has 0 saturated heterocycles. The molecule has 0 bridgehead atoms. The fourth-order valence-corrected chi connectivity index (χ4v) is 0.573. The summed E-state index contributed by atoms with van der Waals surface area (Å²) in [5.41, 5.74) is 0.145. The Kier molecular flexibility index (Phi) is 8.91. The Labute approximate surface area is 102 Å². The summed E-state index contributed by atoms with van der Waals surface area (Å²) in [6, 6.07) is 0. The molecule has 0 radical (unpaired) electrons. The fraction of sp³-hybridized carbons (Fsp3) is 0.429. The highest BCUT2D eigenvalue weighted by molar-refractivity contribution is 7.45. The fourth-order valence-electron chi connectivity index (χ4n) is 0.378. The molecule has 0 aromatic carbocycles. The maximum atomic E-state index is 10.8. The highest BCUT2D eigenvalue weighted by atomic mass is 35.5. The van der Waals surface area contributed by atoms with Gasteiger partial charge in [0, 0.05) is 5.57 Å². The van der Waals surface area contributed by atoms with E-state index in [0.29, 0.717) is 0 Å². The van der Waals surface area contributed by atoms with Crippen molar-refractivity contribution in [2.24, 2.45) is 0 Å². The minimum absolute atomic E-state index is 0.145. The predicted octanol–water partition coefficient (Wildman–Crippen LogP) is -0.131. The van der Waals surface area contributed by atoms with Gasteiger partial charge in [-0.2, -0.15) is 0 Å². The van der Waals surface area contributed by atoms with E-state index in [9.17, 15) is 9.59 Å². The van der Waals surface area contributed by atoms with Crippen LogP contribution in [0.3, 0.4) is 0 Å². The van der Waals surface area contributed by atoms with Gasteiger partial charge in [-0.1, -0.05) is 6.58 Å². The van der Waals surface area contributed by atoms with Crippen LogP contribution >= 0.6 is 19.4 Å². The second-order valence-corrected chi connectivity index (χ2v) is 4.02. The summed E-state index contributed by atoms with van der Waals surface area (Å²) in [6.45, 7) is 4.72. The summed E-state index contributed by atoms with van der Waals surface area (Å²) < 4.78 is 13.3. The third kappa shape index (κ3) is 15.1. The topological polar surface area (TPSA) is 141 Å². The summed E-state index contributed by atoms with van der Waals surface area (Å²) in [6.07, 6.45) is -1.30. The first-order chi connectivity index (χ1) is 7.49. The number of ether oxygens (including phenoxy) is 1. The number of carboxylic acids is 1. The summed E-state index contributed by atoms with van der Waals surface area (Å²) in [5, 5.41) is 8.41. The zero-order valence-electron chi connectivity index (χ0n) is 8.74. The summed E-state index contributed by atoms with van der Waals surface area (Å²) >= 11 is 5.22. The smallest absolute Gasteiger partial charge is 0.466 e. The number of carbonyl (C=O) groups is 2. The predicted molar refractivity (Wildman–Crippen MR) is 57.3 cm³/mol. The first-order valence-electron chi connectivity index (χ1n) is 3.92. The number of aliphatic carboxylic acids is 1. The molecule has 0 aliphatic rings. The van der Waals surface area contributed by atoms with Crippen molar-refractivity contribution in [3.05, 3.63) is 12.2 Å². The van der Waals surface area contributed by atoms with Crippen LogP contribution in [0.5, 0.6) is 0 Å². The molecule has 0 aromatic heterocycles. The molecule has 0 amide bonds. The second kappa shape index (κ2) is 8.21. The molecule has 0 aliphatic carbocycles. The summed E-state index contributed by atoms with van der Waals surface area (Å²) in [7, 11) is -4.64. The molecule has 1 unspecified atom stereocenters. The first kappa shape index (κ1) is 18.4. The van der Waals surface area contributed by atoms with Crippen LogP contribution in [0, 0.1) is 0 Å². The lowest BCUT2D eigenvalue weighted by Gasteiger charge is -2.09. The van der Waals surface area contributed by atoms with Gasteiger partial charge < -0.3 is 24.5 Å². The molecule has 100 valence electrons. The molecular formula is C7H12ClO8P. The standard InChI is InChI=1S/C7H9ClO4.H3O4P/c1-4(2)7(11)12-5(3-8)6(9)10;1-5(2,3)4/h5H,1,3H2,2H3,(H,9,10);(H3,1,2,3,4). The van der Waals surface area contributed by atoms with Gasteiger partial charge in [-0.25, -0.2) is 14.2 Å². The van der Waals surface area contributed by atoms with Crippen LogP contribution in [0.2, 0.25) is 0 Å². The van der Waals surface area contributed by atoms with Gasteiger partial charge in [0.25, 0.3) is 0 Å². The number of carbonyl (C=O) groups excluding carboxylic acids is 1. The Morgan fingerprint density at radius 2 is 1.76 bits per heavy atom. The summed E-state index contributed by atoms with van der Waals surface area (Å²) in [5.74, 6) is -2.28. The van der Waals surface area contributed by atoms with Gasteiger partial charge in [0.05, 0.1) is 5.88 Å². The van der Waals surface area contributed by atoms with Crippen molar-refractivity contribution >= 4 is 31.4 Å². The van der Waals surface area contributed by atoms with Crippen molar-refractivity contribution in [2.75, 3.05) is 5.88 Å². The van der Waals surface area contributed by atoms with Crippen LogP contribution in [0.25, 0.3) is 0 Å². The Morgan fingerprint density at radius 3 is 1.94 bits per heavy atom. The molecule has 8 nitrogen and oxygen atoms in total. The second-order valence-electron chi connectivity index (χ2n) is 2.68. The molecule has 0 heterocycles. The van der Waals surface area contributed by atoms with Crippen LogP contribution in [-0.2, 0) is 18.9 Å². The van der Waals surface area contributed by atoms with Gasteiger partial charge in [0.15, 0.2) is 0 Å². The van der Waals surface area contributed by atoms with Crippen LogP contribution in [0.15, 0.2) is 12.2 Å². The largest absolute Gasteiger partial charge is 0.478 e. The molecule has 0 aliphatic heterocycles. The molecule has 17 heavy (non-hydrogen) atoms. The molecule has 0 saturated carbocycles. The maximum Gasteiger partial charge on any atom is 0.466 e. The molecule has 0 rings (SSSR count). The number of phosphoric acid groups is 1. The van der Waals surface area contributed by atoms with Crippen molar-refractivity contribution in [3.8, 4) is 0 Å². The van der Waals surface area contributed by atoms with E-state index in [1.54, 1.807) is 0 Å². The molecule has 0 fully saturated rings. The van der Waals surface area contributed by atoms with Crippen molar-refractivity contribution < 1.29 is 38.7 Å². The molecule has 10 heteroatoms. The van der Waals surface area contributed by atoms with Crippen LogP contribution in [0.1, 0.15) is 6.92 Å². The van der Waals surface area contributed by atoms with E-state index in [2.05, 4.69) is 11.3 Å². The minimum atomic E-state index is -4.64. The van der Waals surface area contributed by atoms with E-state index in [0.717, 1.165) is 0 Å². The Bertz CT molecular complexity index is 327. The third-order valence-corrected chi connectivity index (χ3v) is 1.29. The lowest BCUT2D eigenvalue weighted by molar-refractivity contribution is -0.159. The normalized spacial score (nSPS) is 11.8. The van der Waals surface area contributed by atoms with Gasteiger partial charge in [-0.05, 0) is 6.92 Å². The van der Waals surface area contributed by atoms with E-state index in [4.69, 9.17) is 36.0 Å². The van der Waals surface area contributed by atoms with E-state index < -0.39 is 25.9 Å². The lowest BCUT2D eigenvalue weighted by atomic mass is 10.3. The SMILES string of the molecule is C=C(C)C(=O)OC(CCl)C(=O)O.O=P(O)(O)O. The molecule has 4 N–H and O–H groups in total. The number of hydrogen-bond acceptors (Lipinski definition) is 4. The number of rotatable bonds is 4. The maximum absolute atomic E-state index is 10.8. The van der Waals surface area contributed by atoms with Gasteiger partial charge >= 0.3 is 19.8 Å². The van der Waals surface area contributed by atoms with Crippen molar-refractivity contribution in [3.63, 3.8) is 0 Å².